The van der Waals surface area contributed by atoms with Crippen molar-refractivity contribution < 1.29 is 29.0 Å². The maximum atomic E-state index is 13.4. The highest BCUT2D eigenvalue weighted by molar-refractivity contribution is 6.04. The summed E-state index contributed by atoms with van der Waals surface area (Å²) < 4.78 is 11.1. The summed E-state index contributed by atoms with van der Waals surface area (Å²) in [5.41, 5.74) is -1.65. The molecule has 148 valence electrons. The zero-order chi connectivity index (χ0) is 19.9. The van der Waals surface area contributed by atoms with Crippen LogP contribution in [0.15, 0.2) is 11.8 Å². The van der Waals surface area contributed by atoms with Gasteiger partial charge in [-0.2, -0.15) is 0 Å². The summed E-state index contributed by atoms with van der Waals surface area (Å²) in [6.07, 6.45) is 0.939. The summed E-state index contributed by atoms with van der Waals surface area (Å²) in [6, 6.07) is 0. The van der Waals surface area contributed by atoms with Crippen molar-refractivity contribution in [3.8, 4) is 0 Å². The van der Waals surface area contributed by atoms with Crippen molar-refractivity contribution in [3.63, 3.8) is 0 Å². The number of hydrogen-bond donors (Lipinski definition) is 1. The molecule has 4 aliphatic rings. The van der Waals surface area contributed by atoms with E-state index in [1.54, 1.807) is 0 Å². The molecule has 0 radical (unpaired) electrons. The lowest BCUT2D eigenvalue weighted by molar-refractivity contribution is -0.239. The second-order valence-corrected chi connectivity index (χ2v) is 9.34. The van der Waals surface area contributed by atoms with Gasteiger partial charge < -0.3 is 14.6 Å². The molecule has 0 aromatic heterocycles. The monoisotopic (exact) mass is 376 g/mol. The Morgan fingerprint density at radius 1 is 1.19 bits per heavy atom. The van der Waals surface area contributed by atoms with E-state index >= 15 is 0 Å². The zero-order valence-electron chi connectivity index (χ0n) is 16.5. The normalized spacial score (nSPS) is 51.7. The van der Waals surface area contributed by atoms with Gasteiger partial charge in [0.1, 0.15) is 12.2 Å². The van der Waals surface area contributed by atoms with E-state index in [4.69, 9.17) is 9.47 Å². The number of Topliss-reactive ketones (excluding diaryl/α,β-unsaturated/α-hetero) is 2. The van der Waals surface area contributed by atoms with E-state index in [0.29, 0.717) is 6.42 Å². The number of allylic oxidation sites excluding steroid dienone is 2. The molecular weight excluding hydrogens is 348 g/mol. The molecule has 1 heterocycles. The second-order valence-electron chi connectivity index (χ2n) is 9.34. The smallest absolute Gasteiger partial charge is 0.306 e. The van der Waals surface area contributed by atoms with E-state index < -0.39 is 29.0 Å². The van der Waals surface area contributed by atoms with Crippen molar-refractivity contribution in [2.75, 3.05) is 7.11 Å². The third kappa shape index (κ3) is 2.08. The number of ether oxygens (including phenoxy) is 2. The zero-order valence-corrected chi connectivity index (χ0v) is 16.5. The lowest BCUT2D eigenvalue weighted by Gasteiger charge is -2.65. The van der Waals surface area contributed by atoms with E-state index in [0.717, 1.165) is 0 Å². The Kier molecular flexibility index (Phi) is 3.91. The fourth-order valence-electron chi connectivity index (χ4n) is 6.93. The minimum absolute atomic E-state index is 0.00410. The van der Waals surface area contributed by atoms with Crippen LogP contribution >= 0.6 is 0 Å². The van der Waals surface area contributed by atoms with Crippen molar-refractivity contribution in [1.82, 2.24) is 0 Å². The standard InChI is InChI=1S/C21H28O6/c1-9-6-13(26-5)19(25)21(4)11(9)7-14-20(3)12(8-15(22)27-14)10(2)16(23)17(24)18(20)21/h6,9-12,14,16,18,23H,7-8H2,1-5H3/t9-,10-,11+,12+,14-,16+,18+,20-,21+/m1/s1. The number of carbonyl (C=O) groups excluding carboxylic acids is 3. The molecule has 4 rings (SSSR count). The van der Waals surface area contributed by atoms with Gasteiger partial charge >= 0.3 is 5.97 Å². The van der Waals surface area contributed by atoms with Gasteiger partial charge in [0.05, 0.1) is 7.11 Å². The van der Waals surface area contributed by atoms with Crippen LogP contribution in [-0.2, 0) is 23.9 Å². The minimum Gasteiger partial charge on any atom is -0.493 e. The van der Waals surface area contributed by atoms with Gasteiger partial charge in [0.15, 0.2) is 11.5 Å². The van der Waals surface area contributed by atoms with E-state index in [9.17, 15) is 19.5 Å². The third-order valence-electron chi connectivity index (χ3n) is 8.30. The summed E-state index contributed by atoms with van der Waals surface area (Å²) in [4.78, 5) is 39.1. The average molecular weight is 376 g/mol. The number of aliphatic hydroxyl groups is 1. The van der Waals surface area contributed by atoms with Gasteiger partial charge in [-0.15, -0.1) is 0 Å². The Morgan fingerprint density at radius 3 is 2.48 bits per heavy atom. The molecule has 3 aliphatic carbocycles. The lowest BCUT2D eigenvalue weighted by Crippen LogP contribution is -2.72. The van der Waals surface area contributed by atoms with Crippen molar-refractivity contribution >= 4 is 17.5 Å². The van der Waals surface area contributed by atoms with Crippen LogP contribution in [0.4, 0.5) is 0 Å². The fraction of sp³-hybridized carbons (Fsp3) is 0.762. The molecule has 27 heavy (non-hydrogen) atoms. The van der Waals surface area contributed by atoms with E-state index in [1.165, 1.54) is 7.11 Å². The predicted octanol–water partition coefficient (Wildman–Crippen LogP) is 1.90. The summed E-state index contributed by atoms with van der Waals surface area (Å²) >= 11 is 0. The Balaban J connectivity index is 1.94. The maximum absolute atomic E-state index is 13.4. The van der Waals surface area contributed by atoms with Crippen LogP contribution in [-0.4, -0.2) is 42.0 Å². The Labute approximate surface area is 159 Å². The molecule has 2 saturated carbocycles. The van der Waals surface area contributed by atoms with Crippen LogP contribution < -0.4 is 0 Å². The molecule has 1 saturated heterocycles. The van der Waals surface area contributed by atoms with E-state index in [1.807, 2.05) is 33.8 Å². The molecule has 0 unspecified atom stereocenters. The van der Waals surface area contributed by atoms with Crippen LogP contribution in [0.2, 0.25) is 0 Å². The van der Waals surface area contributed by atoms with Gasteiger partial charge in [-0.05, 0) is 36.2 Å². The number of ketones is 2. The van der Waals surface area contributed by atoms with Crippen LogP contribution in [0, 0.1) is 40.4 Å². The highest BCUT2D eigenvalue weighted by atomic mass is 16.5. The van der Waals surface area contributed by atoms with E-state index in [2.05, 4.69) is 0 Å². The first-order valence-corrected chi connectivity index (χ1v) is 9.80. The van der Waals surface area contributed by atoms with Gasteiger partial charge in [-0.3, -0.25) is 14.4 Å². The number of esters is 1. The minimum atomic E-state index is -1.17. The summed E-state index contributed by atoms with van der Waals surface area (Å²) in [6.45, 7) is 7.66. The molecule has 0 aromatic rings. The molecule has 9 atom stereocenters. The molecule has 1 N–H and O–H groups in total. The molecule has 0 amide bonds. The third-order valence-corrected chi connectivity index (χ3v) is 8.30. The number of aliphatic hydroxyl groups excluding tert-OH is 1. The summed E-state index contributed by atoms with van der Waals surface area (Å²) in [5.74, 6) is -1.86. The van der Waals surface area contributed by atoms with Gasteiger partial charge in [0.25, 0.3) is 0 Å². The van der Waals surface area contributed by atoms with Crippen LogP contribution in [0.1, 0.15) is 40.5 Å². The largest absolute Gasteiger partial charge is 0.493 e. The first-order valence-electron chi connectivity index (χ1n) is 9.80. The lowest BCUT2D eigenvalue weighted by atomic mass is 9.38. The van der Waals surface area contributed by atoms with Crippen molar-refractivity contribution in [2.45, 2.75) is 52.7 Å². The highest BCUT2D eigenvalue weighted by Crippen LogP contribution is 2.67. The number of methoxy groups -OCH3 is 1. The number of carbonyl (C=O) groups is 3. The average Bonchev–Trinajstić information content (AvgIpc) is 2.61. The molecule has 0 spiro atoms. The molecule has 3 fully saturated rings. The quantitative estimate of drug-likeness (QED) is 0.703. The topological polar surface area (TPSA) is 89.9 Å². The molecular formula is C21H28O6. The van der Waals surface area contributed by atoms with Crippen LogP contribution in [0.5, 0.6) is 0 Å². The van der Waals surface area contributed by atoms with Gasteiger partial charge in [-0.1, -0.05) is 27.7 Å². The molecule has 1 aliphatic heterocycles. The second kappa shape index (κ2) is 5.66. The van der Waals surface area contributed by atoms with Gasteiger partial charge in [0.2, 0.25) is 5.78 Å². The van der Waals surface area contributed by atoms with Crippen LogP contribution in [0.25, 0.3) is 0 Å². The number of hydrogen-bond acceptors (Lipinski definition) is 6. The Hall–Kier alpha value is -1.69. The van der Waals surface area contributed by atoms with Crippen molar-refractivity contribution in [1.29, 1.82) is 0 Å². The SMILES string of the molecule is COC1=C[C@@H](C)[C@@H]2C[C@H]3OC(=O)C[C@H]4[C@@H](C)[C@H](O)C(=O)[C@H]([C@@]2(C)C1=O)[C@@]34C. The summed E-state index contributed by atoms with van der Waals surface area (Å²) in [7, 11) is 1.47. The first kappa shape index (κ1) is 18.7. The first-order chi connectivity index (χ1) is 12.6. The predicted molar refractivity (Wildman–Crippen MR) is 95.2 cm³/mol. The van der Waals surface area contributed by atoms with E-state index in [-0.39, 0.29) is 53.4 Å². The molecule has 0 aromatic carbocycles. The van der Waals surface area contributed by atoms with Crippen molar-refractivity contribution in [3.05, 3.63) is 11.8 Å². The Morgan fingerprint density at radius 2 is 1.85 bits per heavy atom. The Bertz CT molecular complexity index is 756. The molecule has 6 heteroatoms. The fourth-order valence-corrected chi connectivity index (χ4v) is 6.93. The number of fused-ring (bicyclic) bond motifs is 2. The van der Waals surface area contributed by atoms with Crippen LogP contribution in [0.3, 0.4) is 0 Å². The van der Waals surface area contributed by atoms with Crippen molar-refractivity contribution in [2.24, 2.45) is 40.4 Å². The molecule has 0 bridgehead atoms. The van der Waals surface area contributed by atoms with Gasteiger partial charge in [-0.25, -0.2) is 0 Å². The maximum Gasteiger partial charge on any atom is 0.306 e. The molecule has 6 nitrogen and oxygen atoms in total. The van der Waals surface area contributed by atoms with Gasteiger partial charge in [0, 0.05) is 23.2 Å². The summed E-state index contributed by atoms with van der Waals surface area (Å²) in [5, 5.41) is 10.7. The highest BCUT2D eigenvalue weighted by Gasteiger charge is 2.73. The number of rotatable bonds is 1.